The molecule has 0 saturated carbocycles. The Hall–Kier alpha value is -3.82. The fraction of sp³-hybridized carbons (Fsp3) is 0.231. The minimum absolute atomic E-state index is 0.184. The van der Waals surface area contributed by atoms with E-state index in [2.05, 4.69) is 33.9 Å². The molecule has 32 heavy (non-hydrogen) atoms. The van der Waals surface area contributed by atoms with Gasteiger partial charge in [0.2, 0.25) is 0 Å². The molecule has 2 heterocycles. The third-order valence-corrected chi connectivity index (χ3v) is 4.93. The number of nitrogens with one attached hydrogen (secondary N) is 3. The topological polar surface area (TPSA) is 82.0 Å². The highest BCUT2D eigenvalue weighted by atomic mass is 16.5. The van der Waals surface area contributed by atoms with Crippen molar-refractivity contribution in [1.29, 1.82) is 5.26 Å². The first-order chi connectivity index (χ1) is 15.7. The molecule has 164 valence electrons. The summed E-state index contributed by atoms with van der Waals surface area (Å²) in [6.45, 7) is 3.28. The van der Waals surface area contributed by atoms with E-state index in [0.717, 1.165) is 34.1 Å². The summed E-state index contributed by atoms with van der Waals surface area (Å²) in [6.07, 6.45) is 1.77. The number of nitrogens with zero attached hydrogens (tertiary/aromatic N) is 2. The second-order valence-corrected chi connectivity index (χ2v) is 7.50. The zero-order valence-corrected chi connectivity index (χ0v) is 18.7. The summed E-state index contributed by atoms with van der Waals surface area (Å²) >= 11 is 0. The highest BCUT2D eigenvalue weighted by molar-refractivity contribution is 5.76. The van der Waals surface area contributed by atoms with Gasteiger partial charge in [-0.2, -0.15) is 5.26 Å². The monoisotopic (exact) mass is 427 g/mol. The number of fused-ring (bicyclic) bond motifs is 1. The van der Waals surface area contributed by atoms with E-state index in [9.17, 15) is 0 Å². The molecule has 0 spiro atoms. The number of nitriles is 1. The molecule has 0 amide bonds. The Morgan fingerprint density at radius 1 is 1.09 bits per heavy atom. The van der Waals surface area contributed by atoms with E-state index in [1.165, 1.54) is 0 Å². The number of hydrogen-bond donors (Lipinski definition) is 3. The van der Waals surface area contributed by atoms with Crippen molar-refractivity contribution in [2.75, 3.05) is 37.9 Å². The van der Waals surface area contributed by atoms with Crippen molar-refractivity contribution in [3.05, 3.63) is 95.3 Å². The van der Waals surface area contributed by atoms with Gasteiger partial charge < -0.3 is 20.7 Å². The maximum absolute atomic E-state index is 8.98. The maximum atomic E-state index is 8.98. The molecular weight excluding hydrogens is 398 g/mol. The highest BCUT2D eigenvalue weighted by Crippen LogP contribution is 2.30. The van der Waals surface area contributed by atoms with Crippen LogP contribution in [0, 0.1) is 11.3 Å². The van der Waals surface area contributed by atoms with Crippen LogP contribution in [-0.4, -0.2) is 32.2 Å². The summed E-state index contributed by atoms with van der Waals surface area (Å²) < 4.78 is 6.34. The summed E-state index contributed by atoms with van der Waals surface area (Å²) in [5.41, 5.74) is 4.76. The Bertz CT molecular complexity index is 1070. The van der Waals surface area contributed by atoms with Gasteiger partial charge in [0.1, 0.15) is 5.76 Å². The van der Waals surface area contributed by atoms with Gasteiger partial charge in [-0.15, -0.1) is 0 Å². The molecule has 1 unspecified atom stereocenters. The Balaban J connectivity index is 0.000000913. The molecule has 2 aromatic carbocycles. The van der Waals surface area contributed by atoms with Gasteiger partial charge >= 0.3 is 0 Å². The van der Waals surface area contributed by atoms with E-state index >= 15 is 0 Å². The van der Waals surface area contributed by atoms with Crippen LogP contribution in [0.2, 0.25) is 0 Å². The fourth-order valence-corrected chi connectivity index (χ4v) is 3.28. The molecule has 0 fully saturated rings. The van der Waals surface area contributed by atoms with E-state index < -0.39 is 0 Å². The molecule has 1 aliphatic rings. The number of hydrogen-bond acceptors (Lipinski definition) is 6. The first-order valence-electron chi connectivity index (χ1n) is 10.6. The molecule has 1 atom stereocenters. The Labute approximate surface area is 190 Å². The second kappa shape index (κ2) is 11.5. The van der Waals surface area contributed by atoms with Gasteiger partial charge in [0, 0.05) is 17.7 Å². The first kappa shape index (κ1) is 22.9. The number of pyridine rings is 1. The van der Waals surface area contributed by atoms with Gasteiger partial charge in [0.15, 0.2) is 5.82 Å². The average Bonchev–Trinajstić information content (AvgIpc) is 2.85. The summed E-state index contributed by atoms with van der Waals surface area (Å²) in [6, 6.07) is 23.8. The fourth-order valence-electron chi connectivity index (χ4n) is 3.28. The van der Waals surface area contributed by atoms with Crippen molar-refractivity contribution in [3.63, 3.8) is 0 Å². The maximum Gasteiger partial charge on any atom is 0.153 e. The van der Waals surface area contributed by atoms with Crippen LogP contribution in [0.5, 0.6) is 0 Å². The smallest absolute Gasteiger partial charge is 0.153 e. The summed E-state index contributed by atoms with van der Waals surface area (Å²) in [5, 5.41) is 18.6. The van der Waals surface area contributed by atoms with Crippen molar-refractivity contribution < 1.29 is 4.74 Å². The molecule has 1 aromatic heterocycles. The molecule has 0 aliphatic carbocycles. The lowest BCUT2D eigenvalue weighted by atomic mass is 10.0. The Morgan fingerprint density at radius 2 is 1.81 bits per heavy atom. The van der Waals surface area contributed by atoms with Gasteiger partial charge in [0.05, 0.1) is 36.2 Å². The van der Waals surface area contributed by atoms with Crippen LogP contribution < -0.4 is 16.0 Å². The lowest BCUT2D eigenvalue weighted by Gasteiger charge is -2.25. The van der Waals surface area contributed by atoms with Gasteiger partial charge in [-0.1, -0.05) is 49.4 Å². The number of aromatic nitrogens is 1. The van der Waals surface area contributed by atoms with E-state index in [4.69, 9.17) is 10.00 Å². The quantitative estimate of drug-likeness (QED) is 0.507. The summed E-state index contributed by atoms with van der Waals surface area (Å²) in [4.78, 5) is 4.42. The third kappa shape index (κ3) is 5.87. The molecule has 0 radical (unpaired) electrons. The van der Waals surface area contributed by atoms with Crippen LogP contribution in [0.3, 0.4) is 0 Å². The van der Waals surface area contributed by atoms with E-state index in [1.54, 1.807) is 6.20 Å². The van der Waals surface area contributed by atoms with Crippen LogP contribution in [0.4, 0.5) is 11.5 Å². The van der Waals surface area contributed by atoms with Crippen LogP contribution in [0.15, 0.2) is 78.6 Å². The third-order valence-electron chi connectivity index (χ3n) is 4.93. The summed E-state index contributed by atoms with van der Waals surface area (Å²) in [7, 11) is 3.75. The van der Waals surface area contributed by atoms with E-state index in [-0.39, 0.29) is 5.92 Å². The van der Waals surface area contributed by atoms with Crippen molar-refractivity contribution in [1.82, 2.24) is 10.3 Å². The molecule has 6 nitrogen and oxygen atoms in total. The van der Waals surface area contributed by atoms with Gasteiger partial charge in [-0.25, -0.2) is 4.98 Å². The Kier molecular flexibility index (Phi) is 8.24. The zero-order chi connectivity index (χ0) is 22.8. The predicted octanol–water partition coefficient (Wildman–Crippen LogP) is 4.82. The van der Waals surface area contributed by atoms with Crippen LogP contribution in [0.25, 0.3) is 5.76 Å². The standard InChI is InChI=1S/C24H22N4O.C2H7N/c1-17(19-11-9-18(14-25)10-12-19)16-29-23(20-6-3-2-4-7-20)22-15-27-21-8-5-13-26-24(21)28-22;1-3-2/h2-13,17,27H,15-16H2,1H3,(H,26,28);3H,1-2H3/b23-22+;. The highest BCUT2D eigenvalue weighted by Gasteiger charge is 2.19. The number of rotatable bonds is 5. The molecule has 3 aromatic rings. The largest absolute Gasteiger partial charge is 0.490 e. The minimum atomic E-state index is 0.184. The molecule has 4 rings (SSSR count). The molecule has 6 heteroatoms. The van der Waals surface area contributed by atoms with Crippen molar-refractivity contribution in [3.8, 4) is 6.07 Å². The van der Waals surface area contributed by atoms with Crippen molar-refractivity contribution in [2.24, 2.45) is 0 Å². The zero-order valence-electron chi connectivity index (χ0n) is 18.7. The normalized spacial score (nSPS) is 14.3. The molecule has 0 bridgehead atoms. The number of benzene rings is 2. The Morgan fingerprint density at radius 3 is 2.50 bits per heavy atom. The molecular formula is C26H29N5O. The lowest BCUT2D eigenvalue weighted by molar-refractivity contribution is 0.255. The SMILES string of the molecule is CC(CO/C(=C1\CNc2cccnc2N1)c1ccccc1)c1ccc(C#N)cc1.CNC. The second-order valence-electron chi connectivity index (χ2n) is 7.50. The van der Waals surface area contributed by atoms with Crippen LogP contribution in [-0.2, 0) is 4.74 Å². The molecule has 0 saturated heterocycles. The minimum Gasteiger partial charge on any atom is -0.490 e. The lowest BCUT2D eigenvalue weighted by Crippen LogP contribution is -2.22. The van der Waals surface area contributed by atoms with Gasteiger partial charge in [0.25, 0.3) is 0 Å². The van der Waals surface area contributed by atoms with Gasteiger partial charge in [-0.05, 0) is 43.9 Å². The average molecular weight is 428 g/mol. The van der Waals surface area contributed by atoms with Crippen LogP contribution >= 0.6 is 0 Å². The van der Waals surface area contributed by atoms with Gasteiger partial charge in [-0.3, -0.25) is 0 Å². The van der Waals surface area contributed by atoms with Crippen molar-refractivity contribution >= 4 is 17.3 Å². The first-order valence-corrected chi connectivity index (χ1v) is 10.6. The predicted molar refractivity (Wildman–Crippen MR) is 130 cm³/mol. The molecule has 3 N–H and O–H groups in total. The summed E-state index contributed by atoms with van der Waals surface area (Å²) in [5.74, 6) is 1.80. The van der Waals surface area contributed by atoms with Crippen molar-refractivity contribution in [2.45, 2.75) is 12.8 Å². The number of anilines is 2. The van der Waals surface area contributed by atoms with E-state index in [1.807, 2.05) is 80.8 Å². The molecule has 1 aliphatic heterocycles. The van der Waals surface area contributed by atoms with Crippen LogP contribution in [0.1, 0.15) is 29.5 Å². The van der Waals surface area contributed by atoms with E-state index in [0.29, 0.717) is 18.7 Å². The number of ether oxygens (including phenoxy) is 1.